The van der Waals surface area contributed by atoms with Gasteiger partial charge in [-0.3, -0.25) is 4.79 Å². The molecule has 13 heteroatoms. The number of hydrogen-bond acceptors (Lipinski definition) is 7. The van der Waals surface area contributed by atoms with Gasteiger partial charge in [-0.1, -0.05) is 11.6 Å². The van der Waals surface area contributed by atoms with Crippen molar-refractivity contribution in [3.05, 3.63) is 47.1 Å². The van der Waals surface area contributed by atoms with Gasteiger partial charge in [0, 0.05) is 62.4 Å². The molecule has 3 fully saturated rings. The van der Waals surface area contributed by atoms with E-state index in [9.17, 15) is 18.3 Å². The normalized spacial score (nSPS) is 25.4. The van der Waals surface area contributed by atoms with E-state index in [1.807, 2.05) is 0 Å². The fourth-order valence-electron chi connectivity index (χ4n) is 5.60. The Bertz CT molecular complexity index is 1310. The first-order valence-corrected chi connectivity index (χ1v) is 14.9. The molecule has 1 saturated carbocycles. The Labute approximate surface area is 231 Å². The van der Waals surface area contributed by atoms with Crippen LogP contribution in [0.1, 0.15) is 37.7 Å². The summed E-state index contributed by atoms with van der Waals surface area (Å²) < 4.78 is 58.6. The van der Waals surface area contributed by atoms with Crippen molar-refractivity contribution in [3.8, 4) is 0 Å². The summed E-state index contributed by atoms with van der Waals surface area (Å²) in [6.07, 6.45) is 0.861. The van der Waals surface area contributed by atoms with Gasteiger partial charge in [0.1, 0.15) is 11.0 Å². The maximum absolute atomic E-state index is 15.4. The molecule has 2 aliphatic heterocycles. The molecule has 2 saturated heterocycles. The van der Waals surface area contributed by atoms with Crippen LogP contribution in [0.2, 0.25) is 5.15 Å². The average molecular weight is 584 g/mol. The molecular weight excluding hydrogens is 552 g/mol. The second kappa shape index (κ2) is 10.9. The number of aromatic nitrogens is 1. The molecule has 212 valence electrons. The standard InChI is InChI=1S/C26H32ClF2N5O4S/c27-23-13-18(26(28,29)17-1-5-21(35)6-2-17)14-24(31-23)32-9-11-33(12-10-32)39(37,38)22-7-3-20(4-8-22)34-16-19(30)15-25(34)36/h3-4,7-8,13-14,17,19,21,35H,1-2,5-6,9-12,15-16,30H2/t17?,19-,21?/m1/s1. The summed E-state index contributed by atoms with van der Waals surface area (Å²) >= 11 is 6.15. The quantitative estimate of drug-likeness (QED) is 0.502. The Kier molecular flexibility index (Phi) is 7.86. The van der Waals surface area contributed by atoms with E-state index in [4.69, 9.17) is 17.3 Å². The zero-order valence-electron chi connectivity index (χ0n) is 21.3. The number of piperazine rings is 1. The summed E-state index contributed by atoms with van der Waals surface area (Å²) in [4.78, 5) is 19.8. The van der Waals surface area contributed by atoms with Gasteiger partial charge in [-0.2, -0.15) is 4.31 Å². The van der Waals surface area contributed by atoms with E-state index in [1.54, 1.807) is 21.9 Å². The Morgan fingerprint density at radius 3 is 2.26 bits per heavy atom. The minimum Gasteiger partial charge on any atom is -0.393 e. The highest BCUT2D eigenvalue weighted by Gasteiger charge is 2.43. The number of aliphatic hydroxyl groups excluding tert-OH is 1. The second-order valence-corrected chi connectivity index (χ2v) is 12.8. The molecule has 3 N–H and O–H groups in total. The third-order valence-electron chi connectivity index (χ3n) is 7.88. The number of anilines is 2. The molecule has 2 aromatic rings. The minimum absolute atomic E-state index is 0.0504. The van der Waals surface area contributed by atoms with E-state index < -0.39 is 28.0 Å². The molecule has 0 spiro atoms. The predicted molar refractivity (Wildman–Crippen MR) is 143 cm³/mol. The molecule has 5 rings (SSSR count). The van der Waals surface area contributed by atoms with E-state index in [1.165, 1.54) is 28.6 Å². The van der Waals surface area contributed by atoms with Crippen LogP contribution in [0, 0.1) is 5.92 Å². The lowest BCUT2D eigenvalue weighted by atomic mass is 9.81. The van der Waals surface area contributed by atoms with E-state index in [0.717, 1.165) is 0 Å². The number of carbonyl (C=O) groups is 1. The zero-order valence-corrected chi connectivity index (χ0v) is 22.9. The molecule has 1 amide bonds. The highest BCUT2D eigenvalue weighted by Crippen LogP contribution is 2.45. The number of hydrogen-bond donors (Lipinski definition) is 2. The van der Waals surface area contributed by atoms with Gasteiger partial charge in [0.25, 0.3) is 5.92 Å². The topological polar surface area (TPSA) is 120 Å². The molecule has 3 aliphatic rings. The number of sulfonamides is 1. The van der Waals surface area contributed by atoms with Crippen molar-refractivity contribution in [2.45, 2.75) is 55.1 Å². The smallest absolute Gasteiger partial charge is 0.276 e. The molecule has 0 radical (unpaired) electrons. The lowest BCUT2D eigenvalue weighted by molar-refractivity contribution is -0.117. The molecule has 1 aromatic carbocycles. The van der Waals surface area contributed by atoms with Gasteiger partial charge in [0.2, 0.25) is 15.9 Å². The fraction of sp³-hybridized carbons (Fsp3) is 0.538. The summed E-state index contributed by atoms with van der Waals surface area (Å²) in [5, 5.41) is 9.65. The number of rotatable bonds is 6. The van der Waals surface area contributed by atoms with Gasteiger partial charge in [-0.15, -0.1) is 0 Å². The third kappa shape index (κ3) is 5.76. The van der Waals surface area contributed by atoms with E-state index in [2.05, 4.69) is 4.98 Å². The van der Waals surface area contributed by atoms with Crippen LogP contribution in [-0.4, -0.2) is 73.6 Å². The molecule has 1 aromatic heterocycles. The zero-order chi connectivity index (χ0) is 27.9. The summed E-state index contributed by atoms with van der Waals surface area (Å²) in [6.45, 7) is 1.19. The lowest BCUT2D eigenvalue weighted by Gasteiger charge is -2.36. The first kappa shape index (κ1) is 28.2. The molecule has 39 heavy (non-hydrogen) atoms. The monoisotopic (exact) mass is 583 g/mol. The largest absolute Gasteiger partial charge is 0.393 e. The van der Waals surface area contributed by atoms with Gasteiger partial charge >= 0.3 is 0 Å². The molecular formula is C26H32ClF2N5O4S. The van der Waals surface area contributed by atoms with Crippen LogP contribution in [0.5, 0.6) is 0 Å². The predicted octanol–water partition coefficient (Wildman–Crippen LogP) is 2.95. The van der Waals surface area contributed by atoms with Crippen molar-refractivity contribution >= 4 is 39.0 Å². The van der Waals surface area contributed by atoms with Gasteiger partial charge in [-0.25, -0.2) is 22.2 Å². The van der Waals surface area contributed by atoms with Crippen molar-refractivity contribution in [3.63, 3.8) is 0 Å². The van der Waals surface area contributed by atoms with Gasteiger partial charge in [-0.05, 0) is 62.1 Å². The second-order valence-electron chi connectivity index (χ2n) is 10.5. The van der Waals surface area contributed by atoms with Crippen LogP contribution >= 0.6 is 11.6 Å². The number of aliphatic hydroxyl groups is 1. The maximum Gasteiger partial charge on any atom is 0.276 e. The van der Waals surface area contributed by atoms with Crippen molar-refractivity contribution in [1.82, 2.24) is 9.29 Å². The lowest BCUT2D eigenvalue weighted by Crippen LogP contribution is -2.49. The number of benzene rings is 1. The molecule has 1 atom stereocenters. The summed E-state index contributed by atoms with van der Waals surface area (Å²) in [6, 6.07) is 8.44. The van der Waals surface area contributed by atoms with Crippen LogP contribution in [0.15, 0.2) is 41.3 Å². The summed E-state index contributed by atoms with van der Waals surface area (Å²) in [5.41, 5.74) is 6.23. The molecule has 0 bridgehead atoms. The van der Waals surface area contributed by atoms with Crippen molar-refractivity contribution in [2.24, 2.45) is 11.7 Å². The highest BCUT2D eigenvalue weighted by atomic mass is 35.5. The SMILES string of the molecule is N[C@@H]1CC(=O)N(c2ccc(S(=O)(=O)N3CCN(c4cc(C(F)(F)C5CCC(O)CC5)cc(Cl)n4)CC3)cc2)C1. The number of carbonyl (C=O) groups excluding carboxylic acids is 1. The van der Waals surface area contributed by atoms with Crippen LogP contribution in [0.25, 0.3) is 0 Å². The van der Waals surface area contributed by atoms with Crippen molar-refractivity contribution < 1.29 is 27.1 Å². The van der Waals surface area contributed by atoms with E-state index in [-0.39, 0.29) is 78.8 Å². The Morgan fingerprint density at radius 2 is 1.67 bits per heavy atom. The molecule has 0 unspecified atom stereocenters. The van der Waals surface area contributed by atoms with E-state index in [0.29, 0.717) is 25.1 Å². The van der Waals surface area contributed by atoms with Crippen LogP contribution in [0.4, 0.5) is 20.3 Å². The first-order valence-electron chi connectivity index (χ1n) is 13.1. The Balaban J connectivity index is 1.26. The first-order chi connectivity index (χ1) is 18.4. The summed E-state index contributed by atoms with van der Waals surface area (Å²) in [5.74, 6) is -3.82. The van der Waals surface area contributed by atoms with Crippen molar-refractivity contribution in [2.75, 3.05) is 42.5 Å². The molecule has 9 nitrogen and oxygen atoms in total. The average Bonchev–Trinajstić information content (AvgIpc) is 3.26. The Morgan fingerprint density at radius 1 is 1.03 bits per heavy atom. The van der Waals surface area contributed by atoms with Crippen molar-refractivity contribution in [1.29, 1.82) is 0 Å². The van der Waals surface area contributed by atoms with Crippen LogP contribution in [0.3, 0.4) is 0 Å². The number of nitrogens with zero attached hydrogens (tertiary/aromatic N) is 4. The fourth-order valence-corrected chi connectivity index (χ4v) is 7.23. The number of pyridine rings is 1. The van der Waals surface area contributed by atoms with Gasteiger partial charge in [0.15, 0.2) is 0 Å². The molecule has 1 aliphatic carbocycles. The summed E-state index contributed by atoms with van der Waals surface area (Å²) in [7, 11) is -3.80. The van der Waals surface area contributed by atoms with E-state index >= 15 is 8.78 Å². The Hall–Kier alpha value is -2.38. The maximum atomic E-state index is 15.4. The van der Waals surface area contributed by atoms with Gasteiger partial charge < -0.3 is 20.6 Å². The number of halogens is 3. The third-order valence-corrected chi connectivity index (χ3v) is 9.99. The number of nitrogens with two attached hydrogens (primary N) is 1. The van der Waals surface area contributed by atoms with Gasteiger partial charge in [0.05, 0.1) is 11.0 Å². The highest BCUT2D eigenvalue weighted by molar-refractivity contribution is 7.89. The van der Waals surface area contributed by atoms with Crippen LogP contribution in [-0.2, 0) is 20.7 Å². The van der Waals surface area contributed by atoms with Crippen LogP contribution < -0.4 is 15.5 Å². The minimum atomic E-state index is -3.80. The number of amides is 1. The number of alkyl halides is 2. The molecule has 3 heterocycles.